The lowest BCUT2D eigenvalue weighted by molar-refractivity contribution is 0.635. The number of hydrogen-bond donors (Lipinski definition) is 1. The van der Waals surface area contributed by atoms with Crippen LogP contribution in [-0.2, 0) is 6.54 Å². The average Bonchev–Trinajstić information content (AvgIpc) is 2.74. The molecule has 3 rings (SSSR count). The third kappa shape index (κ3) is 1.40. The van der Waals surface area contributed by atoms with E-state index in [1.807, 2.05) is 6.20 Å². The van der Waals surface area contributed by atoms with Crippen LogP contribution >= 0.6 is 0 Å². The van der Waals surface area contributed by atoms with Gasteiger partial charge < -0.3 is 9.88 Å². The third-order valence-electron chi connectivity index (χ3n) is 3.11. The zero-order valence-corrected chi connectivity index (χ0v) is 9.40. The molecule has 0 spiro atoms. The highest BCUT2D eigenvalue weighted by Gasteiger charge is 2.15. The van der Waals surface area contributed by atoms with E-state index >= 15 is 0 Å². The predicted molar refractivity (Wildman–Crippen MR) is 65.5 cm³/mol. The van der Waals surface area contributed by atoms with E-state index in [-0.39, 0.29) is 0 Å². The summed E-state index contributed by atoms with van der Waals surface area (Å²) in [5.74, 6) is 2.23. The minimum Gasteiger partial charge on any atom is -0.370 e. The van der Waals surface area contributed by atoms with E-state index in [0.717, 1.165) is 24.7 Å². The van der Waals surface area contributed by atoms with Gasteiger partial charge in [-0.05, 0) is 18.9 Å². The molecule has 0 fully saturated rings. The van der Waals surface area contributed by atoms with E-state index in [0.29, 0.717) is 0 Å². The van der Waals surface area contributed by atoms with E-state index in [2.05, 4.69) is 46.1 Å². The second kappa shape index (κ2) is 3.67. The van der Waals surface area contributed by atoms with Crippen molar-refractivity contribution in [3.05, 3.63) is 36.0 Å². The van der Waals surface area contributed by atoms with Crippen molar-refractivity contribution in [3.63, 3.8) is 0 Å². The lowest BCUT2D eigenvalue weighted by Gasteiger charge is -2.18. The lowest BCUT2D eigenvalue weighted by atomic mass is 10.1. The Morgan fingerprint density at radius 1 is 1.31 bits per heavy atom. The maximum absolute atomic E-state index is 4.53. The van der Waals surface area contributed by atoms with Crippen molar-refractivity contribution in [2.75, 3.05) is 11.9 Å². The smallest absolute Gasteiger partial charge is 0.141 e. The number of imidazole rings is 1. The van der Waals surface area contributed by atoms with Gasteiger partial charge in [-0.1, -0.05) is 24.3 Å². The second-order valence-electron chi connectivity index (χ2n) is 4.21. The van der Waals surface area contributed by atoms with Gasteiger partial charge in [-0.25, -0.2) is 4.98 Å². The van der Waals surface area contributed by atoms with Gasteiger partial charge in [-0.15, -0.1) is 0 Å². The number of aryl methyl sites for hydroxylation is 1. The Hall–Kier alpha value is -1.77. The molecule has 82 valence electrons. The number of rotatable bonds is 1. The molecule has 1 aliphatic rings. The lowest BCUT2D eigenvalue weighted by Crippen LogP contribution is -2.17. The molecule has 1 aliphatic heterocycles. The third-order valence-corrected chi connectivity index (χ3v) is 3.11. The zero-order chi connectivity index (χ0) is 11.0. The van der Waals surface area contributed by atoms with Crippen LogP contribution in [0.25, 0.3) is 11.4 Å². The topological polar surface area (TPSA) is 29.9 Å². The molecule has 0 saturated carbocycles. The first-order valence-corrected chi connectivity index (χ1v) is 5.71. The van der Waals surface area contributed by atoms with Crippen molar-refractivity contribution >= 4 is 5.82 Å². The average molecular weight is 213 g/mol. The number of hydrogen-bond acceptors (Lipinski definition) is 2. The van der Waals surface area contributed by atoms with Crippen molar-refractivity contribution in [2.24, 2.45) is 0 Å². The summed E-state index contributed by atoms with van der Waals surface area (Å²) in [4.78, 5) is 4.53. The Balaban J connectivity index is 2.13. The molecule has 0 bridgehead atoms. The van der Waals surface area contributed by atoms with Gasteiger partial charge in [-0.2, -0.15) is 0 Å². The standard InChI is InChI=1S/C13H15N3/c1-10-5-2-3-6-11(10)13-15-9-12-14-7-4-8-16(12)13/h2-3,5-6,9,14H,4,7-8H2,1H3. The highest BCUT2D eigenvalue weighted by atomic mass is 15.2. The summed E-state index contributed by atoms with van der Waals surface area (Å²) in [5.41, 5.74) is 2.51. The molecule has 2 heterocycles. The van der Waals surface area contributed by atoms with E-state index in [9.17, 15) is 0 Å². The quantitative estimate of drug-likeness (QED) is 0.789. The van der Waals surface area contributed by atoms with Gasteiger partial charge in [0.05, 0.1) is 6.20 Å². The summed E-state index contributed by atoms with van der Waals surface area (Å²) in [6.07, 6.45) is 3.10. The first-order chi connectivity index (χ1) is 7.86. The fourth-order valence-corrected chi connectivity index (χ4v) is 2.24. The minimum atomic E-state index is 1.05. The predicted octanol–water partition coefficient (Wildman–Crippen LogP) is 2.67. The number of fused-ring (bicyclic) bond motifs is 1. The Morgan fingerprint density at radius 3 is 3.06 bits per heavy atom. The summed E-state index contributed by atoms with van der Waals surface area (Å²) >= 11 is 0. The Bertz CT molecular complexity index is 514. The van der Waals surface area contributed by atoms with Crippen LogP contribution in [0.5, 0.6) is 0 Å². The van der Waals surface area contributed by atoms with E-state index in [1.54, 1.807) is 0 Å². The molecule has 0 atom stereocenters. The number of anilines is 1. The van der Waals surface area contributed by atoms with Crippen LogP contribution in [-0.4, -0.2) is 16.1 Å². The molecule has 0 radical (unpaired) electrons. The van der Waals surface area contributed by atoms with Gasteiger partial charge in [0.25, 0.3) is 0 Å². The maximum atomic E-state index is 4.53. The zero-order valence-electron chi connectivity index (χ0n) is 9.40. The molecule has 0 aliphatic carbocycles. The van der Waals surface area contributed by atoms with Gasteiger partial charge >= 0.3 is 0 Å². The van der Waals surface area contributed by atoms with Crippen molar-refractivity contribution in [1.29, 1.82) is 0 Å². The van der Waals surface area contributed by atoms with Crippen LogP contribution in [0.15, 0.2) is 30.5 Å². The molecule has 1 aromatic heterocycles. The van der Waals surface area contributed by atoms with Gasteiger partial charge in [0.1, 0.15) is 11.6 Å². The van der Waals surface area contributed by atoms with Crippen LogP contribution in [0.1, 0.15) is 12.0 Å². The Kier molecular flexibility index (Phi) is 2.17. The number of nitrogens with zero attached hydrogens (tertiary/aromatic N) is 2. The Morgan fingerprint density at radius 2 is 2.19 bits per heavy atom. The summed E-state index contributed by atoms with van der Waals surface area (Å²) in [6.45, 7) is 4.25. The Labute approximate surface area is 95.1 Å². The van der Waals surface area contributed by atoms with Crippen LogP contribution in [0.3, 0.4) is 0 Å². The maximum Gasteiger partial charge on any atom is 0.141 e. The number of nitrogens with one attached hydrogen (secondary N) is 1. The van der Waals surface area contributed by atoms with Crippen LogP contribution < -0.4 is 5.32 Å². The summed E-state index contributed by atoms with van der Waals surface area (Å²) in [6, 6.07) is 8.41. The SMILES string of the molecule is Cc1ccccc1-c1ncc2n1CCCN2. The van der Waals surface area contributed by atoms with E-state index in [4.69, 9.17) is 0 Å². The largest absolute Gasteiger partial charge is 0.370 e. The normalized spacial score (nSPS) is 14.3. The van der Waals surface area contributed by atoms with Crippen molar-refractivity contribution in [3.8, 4) is 11.4 Å². The van der Waals surface area contributed by atoms with Gasteiger partial charge in [0.15, 0.2) is 0 Å². The van der Waals surface area contributed by atoms with Crippen LogP contribution in [0.4, 0.5) is 5.82 Å². The summed E-state index contributed by atoms with van der Waals surface area (Å²) < 4.78 is 2.27. The van der Waals surface area contributed by atoms with Crippen LogP contribution in [0.2, 0.25) is 0 Å². The molecule has 0 unspecified atom stereocenters. The number of benzene rings is 1. The summed E-state index contributed by atoms with van der Waals surface area (Å²) in [5, 5.41) is 3.37. The first kappa shape index (κ1) is 9.46. The molecule has 3 heteroatoms. The fourth-order valence-electron chi connectivity index (χ4n) is 2.24. The molecule has 2 aromatic rings. The molecule has 1 N–H and O–H groups in total. The van der Waals surface area contributed by atoms with Gasteiger partial charge in [0.2, 0.25) is 0 Å². The molecular formula is C13H15N3. The highest BCUT2D eigenvalue weighted by Crippen LogP contribution is 2.27. The molecule has 0 saturated heterocycles. The van der Waals surface area contributed by atoms with Gasteiger partial charge in [0, 0.05) is 18.7 Å². The van der Waals surface area contributed by atoms with Gasteiger partial charge in [-0.3, -0.25) is 0 Å². The molecule has 0 amide bonds. The first-order valence-electron chi connectivity index (χ1n) is 5.71. The monoisotopic (exact) mass is 213 g/mol. The van der Waals surface area contributed by atoms with Crippen molar-refractivity contribution < 1.29 is 0 Å². The van der Waals surface area contributed by atoms with Crippen LogP contribution in [0, 0.1) is 6.92 Å². The molecule has 1 aromatic carbocycles. The van der Waals surface area contributed by atoms with E-state index < -0.39 is 0 Å². The molecule has 3 nitrogen and oxygen atoms in total. The number of aromatic nitrogens is 2. The van der Waals surface area contributed by atoms with Crippen molar-refractivity contribution in [1.82, 2.24) is 9.55 Å². The second-order valence-corrected chi connectivity index (χ2v) is 4.21. The molecule has 16 heavy (non-hydrogen) atoms. The molecular weight excluding hydrogens is 198 g/mol. The van der Waals surface area contributed by atoms with Crippen molar-refractivity contribution in [2.45, 2.75) is 19.9 Å². The van der Waals surface area contributed by atoms with E-state index in [1.165, 1.54) is 17.5 Å². The fraction of sp³-hybridized carbons (Fsp3) is 0.308. The minimum absolute atomic E-state index is 1.05. The summed E-state index contributed by atoms with van der Waals surface area (Å²) in [7, 11) is 0. The highest BCUT2D eigenvalue weighted by molar-refractivity contribution is 5.63.